The third kappa shape index (κ3) is 3.68. The molecule has 0 aromatic carbocycles. The van der Waals surface area contributed by atoms with E-state index < -0.39 is 40.5 Å². The van der Waals surface area contributed by atoms with E-state index in [9.17, 15) is 22.8 Å². The summed E-state index contributed by atoms with van der Waals surface area (Å²) in [7, 11) is 1.43. The highest BCUT2D eigenvalue weighted by atomic mass is 35.5. The van der Waals surface area contributed by atoms with Crippen LogP contribution in [0.4, 0.5) is 13.2 Å². The maximum Gasteiger partial charge on any atom is 0.419 e. The Morgan fingerprint density at radius 2 is 2.00 bits per heavy atom. The summed E-state index contributed by atoms with van der Waals surface area (Å²) in [5, 5.41) is 0.160. The number of carbonyl (C=O) groups excluding carboxylic acids is 2. The maximum absolute atomic E-state index is 12.6. The number of aromatic nitrogens is 1. The Morgan fingerprint density at radius 3 is 2.54 bits per heavy atom. The minimum atomic E-state index is -4.60. The van der Waals surface area contributed by atoms with Gasteiger partial charge in [-0.2, -0.15) is 13.2 Å². The van der Waals surface area contributed by atoms with Gasteiger partial charge in [0.2, 0.25) is 11.8 Å². The van der Waals surface area contributed by atoms with E-state index in [1.54, 1.807) is 6.92 Å². The SMILES string of the molecule is COCC1C(=O)N(NCc2ccc(C(F)(F)F)c(Cl)n2)C(=O)C1C. The van der Waals surface area contributed by atoms with Crippen LogP contribution in [-0.2, 0) is 27.0 Å². The molecule has 1 saturated heterocycles. The van der Waals surface area contributed by atoms with Crippen molar-refractivity contribution in [3.63, 3.8) is 0 Å². The smallest absolute Gasteiger partial charge is 0.384 e. The van der Waals surface area contributed by atoms with Gasteiger partial charge in [0.15, 0.2) is 0 Å². The first-order valence-corrected chi connectivity index (χ1v) is 7.37. The molecule has 1 fully saturated rings. The van der Waals surface area contributed by atoms with E-state index in [-0.39, 0.29) is 18.8 Å². The first-order chi connectivity index (χ1) is 11.2. The summed E-state index contributed by atoms with van der Waals surface area (Å²) in [4.78, 5) is 27.9. The number of nitrogens with zero attached hydrogens (tertiary/aromatic N) is 2. The normalized spacial score (nSPS) is 21.7. The molecular formula is C14H15ClF3N3O3. The molecule has 1 aromatic heterocycles. The van der Waals surface area contributed by atoms with Crippen molar-refractivity contribution in [2.45, 2.75) is 19.6 Å². The quantitative estimate of drug-likeness (QED) is 0.638. The minimum Gasteiger partial charge on any atom is -0.384 e. The molecule has 24 heavy (non-hydrogen) atoms. The second kappa shape index (κ2) is 7.04. The molecule has 1 N–H and O–H groups in total. The Balaban J connectivity index is 2.07. The molecule has 0 spiro atoms. The molecular weight excluding hydrogens is 351 g/mol. The highest BCUT2D eigenvalue weighted by molar-refractivity contribution is 6.30. The zero-order valence-corrected chi connectivity index (χ0v) is 13.6. The second-order valence-corrected chi connectivity index (χ2v) is 5.69. The zero-order chi connectivity index (χ0) is 18.1. The summed E-state index contributed by atoms with van der Waals surface area (Å²) >= 11 is 5.53. The number of hydrazine groups is 1. The fourth-order valence-electron chi connectivity index (χ4n) is 2.36. The Bertz CT molecular complexity index is 654. The first kappa shape index (κ1) is 18.6. The molecule has 0 bridgehead atoms. The van der Waals surface area contributed by atoms with E-state index in [1.807, 2.05) is 0 Å². The van der Waals surface area contributed by atoms with Crippen molar-refractivity contribution in [1.29, 1.82) is 0 Å². The van der Waals surface area contributed by atoms with Gasteiger partial charge in [-0.05, 0) is 12.1 Å². The molecule has 1 aliphatic heterocycles. The maximum atomic E-state index is 12.6. The van der Waals surface area contributed by atoms with Gasteiger partial charge < -0.3 is 4.74 Å². The third-order valence-electron chi connectivity index (χ3n) is 3.73. The average Bonchev–Trinajstić information content (AvgIpc) is 2.68. The molecule has 6 nitrogen and oxygen atoms in total. The van der Waals surface area contributed by atoms with Gasteiger partial charge in [0.05, 0.1) is 36.2 Å². The van der Waals surface area contributed by atoms with E-state index in [4.69, 9.17) is 16.3 Å². The van der Waals surface area contributed by atoms with Gasteiger partial charge in [0.25, 0.3) is 0 Å². The lowest BCUT2D eigenvalue weighted by Crippen LogP contribution is -2.43. The first-order valence-electron chi connectivity index (χ1n) is 6.99. The van der Waals surface area contributed by atoms with Crippen LogP contribution in [0.1, 0.15) is 18.2 Å². The van der Waals surface area contributed by atoms with Crippen LogP contribution < -0.4 is 5.43 Å². The Kier molecular flexibility index (Phi) is 5.46. The van der Waals surface area contributed by atoms with E-state index >= 15 is 0 Å². The predicted octanol–water partition coefficient (Wildman–Crippen LogP) is 2.03. The van der Waals surface area contributed by atoms with Crippen LogP contribution in [0.3, 0.4) is 0 Å². The van der Waals surface area contributed by atoms with Gasteiger partial charge in [0, 0.05) is 7.11 Å². The van der Waals surface area contributed by atoms with Crippen LogP contribution in [0.15, 0.2) is 12.1 Å². The number of ether oxygens (including phenoxy) is 1. The molecule has 2 amide bonds. The topological polar surface area (TPSA) is 71.5 Å². The monoisotopic (exact) mass is 365 g/mol. The molecule has 0 radical (unpaired) electrons. The molecule has 0 aliphatic carbocycles. The fraction of sp³-hybridized carbons (Fsp3) is 0.500. The number of halogens is 4. The van der Waals surface area contributed by atoms with Crippen LogP contribution in [-0.4, -0.2) is 35.5 Å². The molecule has 2 rings (SSSR count). The van der Waals surface area contributed by atoms with Crippen LogP contribution in [0.2, 0.25) is 5.15 Å². The molecule has 1 aromatic rings. The standard InChI is InChI=1S/C14H15ClF3N3O3/c1-7-9(6-24-2)13(23)21(12(7)22)19-5-8-3-4-10(11(15)20-8)14(16,17)18/h3-4,7,9,19H,5-6H2,1-2H3. The summed E-state index contributed by atoms with van der Waals surface area (Å²) in [5.74, 6) is -2.03. The lowest BCUT2D eigenvalue weighted by atomic mass is 9.98. The molecule has 0 saturated carbocycles. The lowest BCUT2D eigenvalue weighted by molar-refractivity contribution is -0.144. The number of nitrogens with one attached hydrogen (secondary N) is 1. The number of carbonyl (C=O) groups is 2. The number of hydrogen-bond donors (Lipinski definition) is 1. The largest absolute Gasteiger partial charge is 0.419 e. The number of rotatable bonds is 5. The van der Waals surface area contributed by atoms with E-state index in [0.29, 0.717) is 0 Å². The van der Waals surface area contributed by atoms with Crippen molar-refractivity contribution in [2.75, 3.05) is 13.7 Å². The summed E-state index contributed by atoms with van der Waals surface area (Å²) in [6.07, 6.45) is -4.60. The number of hydrogen-bond acceptors (Lipinski definition) is 5. The van der Waals surface area contributed by atoms with Gasteiger partial charge >= 0.3 is 6.18 Å². The van der Waals surface area contributed by atoms with Crippen LogP contribution >= 0.6 is 11.6 Å². The highest BCUT2D eigenvalue weighted by Crippen LogP contribution is 2.33. The summed E-state index contributed by atoms with van der Waals surface area (Å²) < 4.78 is 42.8. The van der Waals surface area contributed by atoms with Crippen molar-refractivity contribution in [3.05, 3.63) is 28.5 Å². The number of alkyl halides is 3. The van der Waals surface area contributed by atoms with Crippen molar-refractivity contribution < 1.29 is 27.5 Å². The molecule has 1 aliphatic rings. The zero-order valence-electron chi connectivity index (χ0n) is 12.9. The summed E-state index contributed by atoms with van der Waals surface area (Å²) in [6.45, 7) is 1.59. The number of methoxy groups -OCH3 is 1. The summed E-state index contributed by atoms with van der Waals surface area (Å²) in [5.41, 5.74) is 1.70. The van der Waals surface area contributed by atoms with E-state index in [0.717, 1.165) is 17.1 Å². The van der Waals surface area contributed by atoms with Gasteiger partial charge in [-0.25, -0.2) is 15.4 Å². The van der Waals surface area contributed by atoms with Gasteiger partial charge in [0.1, 0.15) is 5.15 Å². The van der Waals surface area contributed by atoms with Crippen molar-refractivity contribution in [2.24, 2.45) is 11.8 Å². The van der Waals surface area contributed by atoms with E-state index in [1.165, 1.54) is 7.11 Å². The predicted molar refractivity (Wildman–Crippen MR) is 77.5 cm³/mol. The van der Waals surface area contributed by atoms with Gasteiger partial charge in [-0.15, -0.1) is 0 Å². The van der Waals surface area contributed by atoms with Crippen molar-refractivity contribution >= 4 is 23.4 Å². The van der Waals surface area contributed by atoms with Crippen LogP contribution in [0, 0.1) is 11.8 Å². The Morgan fingerprint density at radius 1 is 1.33 bits per heavy atom. The average molecular weight is 366 g/mol. The third-order valence-corrected chi connectivity index (χ3v) is 4.02. The molecule has 2 heterocycles. The van der Waals surface area contributed by atoms with Crippen LogP contribution in [0.5, 0.6) is 0 Å². The van der Waals surface area contributed by atoms with Gasteiger partial charge in [-0.1, -0.05) is 18.5 Å². The van der Waals surface area contributed by atoms with Gasteiger partial charge in [-0.3, -0.25) is 9.59 Å². The van der Waals surface area contributed by atoms with Crippen LogP contribution in [0.25, 0.3) is 0 Å². The minimum absolute atomic E-state index is 0.105. The van der Waals surface area contributed by atoms with Crippen molar-refractivity contribution in [1.82, 2.24) is 15.4 Å². The fourth-order valence-corrected chi connectivity index (χ4v) is 2.64. The lowest BCUT2D eigenvalue weighted by Gasteiger charge is -2.16. The number of pyridine rings is 1. The van der Waals surface area contributed by atoms with Crippen molar-refractivity contribution in [3.8, 4) is 0 Å². The number of amides is 2. The number of imide groups is 1. The molecule has 2 unspecified atom stereocenters. The Labute approximate surface area is 140 Å². The molecule has 132 valence electrons. The second-order valence-electron chi connectivity index (χ2n) is 5.34. The molecule has 2 atom stereocenters. The van der Waals surface area contributed by atoms with E-state index in [2.05, 4.69) is 10.4 Å². The Hall–Kier alpha value is -1.71. The highest BCUT2D eigenvalue weighted by Gasteiger charge is 2.45. The molecule has 10 heteroatoms. The summed E-state index contributed by atoms with van der Waals surface area (Å²) in [6, 6.07) is 1.93.